The smallest absolute Gasteiger partial charge is 0.295 e. The third-order valence-corrected chi connectivity index (χ3v) is 5.69. The molecule has 30 heavy (non-hydrogen) atoms. The van der Waals surface area contributed by atoms with Crippen LogP contribution in [0.25, 0.3) is 0 Å². The van der Waals surface area contributed by atoms with Crippen LogP contribution in [0.1, 0.15) is 23.2 Å². The summed E-state index contributed by atoms with van der Waals surface area (Å²) in [6.07, 6.45) is 1.94. The van der Waals surface area contributed by atoms with Crippen LogP contribution in [0.4, 0.5) is 25.8 Å². The first kappa shape index (κ1) is 20.1. The molecule has 0 bridgehead atoms. The van der Waals surface area contributed by atoms with Crippen molar-refractivity contribution >= 4 is 23.0 Å². The molecule has 2 aromatic rings. The van der Waals surface area contributed by atoms with Crippen LogP contribution < -0.4 is 9.80 Å². The van der Waals surface area contributed by atoms with Gasteiger partial charge in [-0.25, -0.2) is 8.78 Å². The first-order chi connectivity index (χ1) is 14.4. The molecule has 9 heteroatoms. The van der Waals surface area contributed by atoms with Gasteiger partial charge in [-0.1, -0.05) is 0 Å². The van der Waals surface area contributed by atoms with Gasteiger partial charge in [0.15, 0.2) is 5.82 Å². The quantitative estimate of drug-likeness (QED) is 0.564. The molecule has 2 fully saturated rings. The van der Waals surface area contributed by atoms with E-state index in [-0.39, 0.29) is 11.6 Å². The molecule has 2 saturated heterocycles. The third kappa shape index (κ3) is 3.92. The largest absolute Gasteiger partial charge is 0.369 e. The molecular weight excluding hydrogens is 394 g/mol. The fourth-order valence-electron chi connectivity index (χ4n) is 4.07. The van der Waals surface area contributed by atoms with Crippen molar-refractivity contribution in [2.45, 2.75) is 12.8 Å². The van der Waals surface area contributed by atoms with Gasteiger partial charge in [0.2, 0.25) is 0 Å². The molecule has 7 nitrogen and oxygen atoms in total. The molecule has 2 aliphatic rings. The highest BCUT2D eigenvalue weighted by Gasteiger charge is 2.29. The molecule has 0 aliphatic carbocycles. The van der Waals surface area contributed by atoms with E-state index < -0.39 is 16.6 Å². The number of carbonyl (C=O) groups excluding carboxylic acids is 1. The first-order valence-electron chi connectivity index (χ1n) is 9.97. The Morgan fingerprint density at radius 2 is 1.47 bits per heavy atom. The second-order valence-electron chi connectivity index (χ2n) is 7.53. The number of rotatable bonds is 4. The number of piperazine rings is 1. The summed E-state index contributed by atoms with van der Waals surface area (Å²) in [5.41, 5.74) is 0.887. The average Bonchev–Trinajstić information content (AvgIpc) is 3.28. The maximum atomic E-state index is 14.5. The van der Waals surface area contributed by atoms with Crippen molar-refractivity contribution in [3.8, 4) is 0 Å². The van der Waals surface area contributed by atoms with E-state index in [2.05, 4.69) is 0 Å². The lowest BCUT2D eigenvalue weighted by molar-refractivity contribution is -0.384. The average molecular weight is 416 g/mol. The van der Waals surface area contributed by atoms with E-state index >= 15 is 0 Å². The lowest BCUT2D eigenvalue weighted by atomic mass is 10.1. The number of amides is 1. The Hall–Kier alpha value is -3.23. The highest BCUT2D eigenvalue weighted by molar-refractivity contribution is 5.94. The Kier molecular flexibility index (Phi) is 5.52. The number of hydrogen-bond donors (Lipinski definition) is 0. The Labute approximate surface area is 172 Å². The molecule has 0 aromatic heterocycles. The molecule has 158 valence electrons. The highest BCUT2D eigenvalue weighted by atomic mass is 19.1. The van der Waals surface area contributed by atoms with Crippen molar-refractivity contribution in [2.75, 3.05) is 49.1 Å². The third-order valence-electron chi connectivity index (χ3n) is 5.69. The summed E-state index contributed by atoms with van der Waals surface area (Å²) in [7, 11) is 0. The monoisotopic (exact) mass is 416 g/mol. The summed E-state index contributed by atoms with van der Waals surface area (Å²) >= 11 is 0. The molecular formula is C21H22F2N4O3. The van der Waals surface area contributed by atoms with Gasteiger partial charge in [-0.2, -0.15) is 0 Å². The molecule has 0 N–H and O–H groups in total. The molecule has 2 heterocycles. The van der Waals surface area contributed by atoms with Crippen molar-refractivity contribution in [1.82, 2.24) is 4.90 Å². The van der Waals surface area contributed by atoms with Crippen LogP contribution >= 0.6 is 0 Å². The zero-order chi connectivity index (χ0) is 21.3. The molecule has 1 amide bonds. The van der Waals surface area contributed by atoms with Gasteiger partial charge in [-0.05, 0) is 43.2 Å². The summed E-state index contributed by atoms with van der Waals surface area (Å²) in [6.45, 7) is 2.97. The molecule has 0 saturated carbocycles. The number of carbonyl (C=O) groups is 1. The maximum Gasteiger partial charge on any atom is 0.295 e. The number of anilines is 2. The maximum absolute atomic E-state index is 14.5. The van der Waals surface area contributed by atoms with Gasteiger partial charge in [0.05, 0.1) is 16.7 Å². The molecule has 0 unspecified atom stereocenters. The number of hydrogen-bond acceptors (Lipinski definition) is 5. The summed E-state index contributed by atoms with van der Waals surface area (Å²) in [4.78, 5) is 29.0. The van der Waals surface area contributed by atoms with Gasteiger partial charge in [-0.15, -0.1) is 0 Å². The number of benzene rings is 2. The van der Waals surface area contributed by atoms with Crippen LogP contribution in [0.5, 0.6) is 0 Å². The minimum atomic E-state index is -0.586. The van der Waals surface area contributed by atoms with Crippen molar-refractivity contribution in [1.29, 1.82) is 0 Å². The molecule has 4 rings (SSSR count). The minimum absolute atomic E-state index is 0.207. The molecule has 0 radical (unpaired) electrons. The predicted octanol–water partition coefficient (Wildman–Crippen LogP) is 3.44. The van der Waals surface area contributed by atoms with Gasteiger partial charge >= 0.3 is 0 Å². The topological polar surface area (TPSA) is 69.9 Å². The van der Waals surface area contributed by atoms with Crippen molar-refractivity contribution in [3.63, 3.8) is 0 Å². The van der Waals surface area contributed by atoms with Gasteiger partial charge in [0.25, 0.3) is 11.6 Å². The second kappa shape index (κ2) is 8.25. The molecule has 0 spiro atoms. The van der Waals surface area contributed by atoms with Crippen LogP contribution in [-0.4, -0.2) is 55.0 Å². The first-order valence-corrected chi connectivity index (χ1v) is 9.97. The lowest BCUT2D eigenvalue weighted by Crippen LogP contribution is -2.49. The lowest BCUT2D eigenvalue weighted by Gasteiger charge is -2.36. The highest BCUT2D eigenvalue weighted by Crippen LogP contribution is 2.36. The Morgan fingerprint density at radius 1 is 0.867 bits per heavy atom. The normalized spacial score (nSPS) is 16.8. The van der Waals surface area contributed by atoms with E-state index in [0.29, 0.717) is 43.1 Å². The van der Waals surface area contributed by atoms with Crippen LogP contribution in [0.15, 0.2) is 36.4 Å². The van der Waals surface area contributed by atoms with Gasteiger partial charge in [-0.3, -0.25) is 14.9 Å². The van der Waals surface area contributed by atoms with Crippen LogP contribution in [0.3, 0.4) is 0 Å². The Balaban J connectivity index is 1.53. The van der Waals surface area contributed by atoms with Crippen LogP contribution in [0, 0.1) is 21.7 Å². The van der Waals surface area contributed by atoms with Crippen LogP contribution in [0.2, 0.25) is 0 Å². The molecule has 0 atom stereocenters. The number of nitro benzene ring substituents is 1. The summed E-state index contributed by atoms with van der Waals surface area (Å²) in [5.74, 6) is -1.20. The van der Waals surface area contributed by atoms with Crippen molar-refractivity contribution in [2.24, 2.45) is 0 Å². The van der Waals surface area contributed by atoms with Gasteiger partial charge in [0.1, 0.15) is 11.5 Å². The zero-order valence-electron chi connectivity index (χ0n) is 16.4. The fourth-order valence-corrected chi connectivity index (χ4v) is 4.07. The summed E-state index contributed by atoms with van der Waals surface area (Å²) in [6, 6.07) is 7.93. The van der Waals surface area contributed by atoms with E-state index in [9.17, 15) is 23.7 Å². The number of nitro groups is 1. The summed E-state index contributed by atoms with van der Waals surface area (Å²) in [5, 5.41) is 11.5. The van der Waals surface area contributed by atoms with Crippen molar-refractivity contribution in [3.05, 3.63) is 63.7 Å². The van der Waals surface area contributed by atoms with E-state index in [1.165, 1.54) is 24.3 Å². The van der Waals surface area contributed by atoms with Gasteiger partial charge in [0, 0.05) is 44.8 Å². The van der Waals surface area contributed by atoms with E-state index in [1.807, 2.05) is 9.80 Å². The van der Waals surface area contributed by atoms with Crippen molar-refractivity contribution < 1.29 is 18.5 Å². The fraction of sp³-hybridized carbons (Fsp3) is 0.381. The standard InChI is InChI=1S/C21H22F2N4O3/c22-16-5-3-15(4-6-16)21(28)26-11-9-25(10-12-26)19-14-18(24-7-1-2-8-24)17(23)13-20(19)27(29)30/h3-6,13-14H,1-2,7-12H2. The van der Waals surface area contributed by atoms with E-state index in [1.54, 1.807) is 11.0 Å². The molecule has 2 aliphatic heterocycles. The number of halogens is 2. The van der Waals surface area contributed by atoms with Crippen LogP contribution in [-0.2, 0) is 0 Å². The Morgan fingerprint density at radius 3 is 2.07 bits per heavy atom. The van der Waals surface area contributed by atoms with Gasteiger partial charge < -0.3 is 14.7 Å². The number of nitrogens with zero attached hydrogens (tertiary/aromatic N) is 4. The minimum Gasteiger partial charge on any atom is -0.369 e. The predicted molar refractivity (Wildman–Crippen MR) is 109 cm³/mol. The summed E-state index contributed by atoms with van der Waals surface area (Å²) < 4.78 is 27.6. The zero-order valence-corrected chi connectivity index (χ0v) is 16.4. The SMILES string of the molecule is O=C(c1ccc(F)cc1)N1CCN(c2cc(N3CCCC3)c(F)cc2[N+](=O)[O-])CC1. The Bertz CT molecular complexity index is 953. The van der Waals surface area contributed by atoms with E-state index in [0.717, 1.165) is 32.0 Å². The van der Waals surface area contributed by atoms with E-state index in [4.69, 9.17) is 0 Å². The second-order valence-corrected chi connectivity index (χ2v) is 7.53. The molecule has 2 aromatic carbocycles.